The van der Waals surface area contributed by atoms with Gasteiger partial charge in [-0.25, -0.2) is 0 Å². The molecule has 0 saturated carbocycles. The number of likely N-dealkylation sites (N-methyl/N-ethyl adjacent to an activating group) is 1. The Bertz CT molecular complexity index is 462. The van der Waals surface area contributed by atoms with Crippen LogP contribution in [-0.2, 0) is 16.6 Å². The summed E-state index contributed by atoms with van der Waals surface area (Å²) in [6, 6.07) is -0.454. The van der Waals surface area contributed by atoms with Crippen LogP contribution >= 0.6 is 12.4 Å². The van der Waals surface area contributed by atoms with Crippen molar-refractivity contribution in [3.05, 3.63) is 18.0 Å². The third kappa shape index (κ3) is 3.45. The van der Waals surface area contributed by atoms with Crippen LogP contribution < -0.4 is 10.6 Å². The highest BCUT2D eigenvalue weighted by molar-refractivity contribution is 5.89. The number of hydrogen-bond acceptors (Lipinski definition) is 4. The third-order valence-corrected chi connectivity index (χ3v) is 2.94. The maximum atomic E-state index is 12.3. The van der Waals surface area contributed by atoms with Crippen molar-refractivity contribution >= 4 is 24.2 Å². The van der Waals surface area contributed by atoms with Gasteiger partial charge in [-0.15, -0.1) is 12.4 Å². The summed E-state index contributed by atoms with van der Waals surface area (Å²) in [5.74, 6) is -0.212. The minimum absolute atomic E-state index is 0. The van der Waals surface area contributed by atoms with Gasteiger partial charge in [0.25, 0.3) is 0 Å². The van der Waals surface area contributed by atoms with E-state index >= 15 is 0 Å². The van der Waals surface area contributed by atoms with Crippen LogP contribution in [0.15, 0.2) is 12.4 Å². The quantitative estimate of drug-likeness (QED) is 0.752. The molecule has 1 aromatic heterocycles. The minimum atomic E-state index is -0.454. The van der Waals surface area contributed by atoms with Crippen LogP contribution in [0, 0.1) is 0 Å². The molecule has 106 valence electrons. The first-order valence-corrected chi connectivity index (χ1v) is 5.83. The molecule has 1 aliphatic heterocycles. The van der Waals surface area contributed by atoms with Crippen molar-refractivity contribution < 1.29 is 9.59 Å². The average Bonchev–Trinajstić information content (AvgIpc) is 2.76. The summed E-state index contributed by atoms with van der Waals surface area (Å²) < 4.78 is 1.65. The van der Waals surface area contributed by atoms with Crippen molar-refractivity contribution in [1.29, 1.82) is 0 Å². The van der Waals surface area contributed by atoms with Gasteiger partial charge in [-0.05, 0) is 7.05 Å². The number of aryl methyl sites for hydroxylation is 1. The summed E-state index contributed by atoms with van der Waals surface area (Å²) in [6.07, 6.45) is 3.45. The lowest BCUT2D eigenvalue weighted by Crippen LogP contribution is -2.52. The first-order valence-electron chi connectivity index (χ1n) is 5.83. The maximum absolute atomic E-state index is 12.3. The van der Waals surface area contributed by atoms with E-state index in [0.29, 0.717) is 13.1 Å². The Morgan fingerprint density at radius 3 is 2.84 bits per heavy atom. The standard InChI is InChI=1S/C11H17N5O2.ClH/c1-12-10(8-5-14-15(2)6-8)11(18)16-4-3-13-9(17)7-16;/h5-6,10,12H,3-4,7H2,1-2H3,(H,13,17);1H. The number of halogens is 1. The molecule has 8 heteroatoms. The molecular weight excluding hydrogens is 270 g/mol. The number of piperazine rings is 1. The second-order valence-corrected chi connectivity index (χ2v) is 4.28. The van der Waals surface area contributed by atoms with Gasteiger partial charge in [0.05, 0.1) is 12.7 Å². The average molecular weight is 288 g/mol. The fraction of sp³-hybridized carbons (Fsp3) is 0.545. The molecule has 1 aromatic rings. The van der Waals surface area contributed by atoms with E-state index in [1.165, 1.54) is 0 Å². The fourth-order valence-electron chi connectivity index (χ4n) is 2.03. The topological polar surface area (TPSA) is 79.3 Å². The Morgan fingerprint density at radius 2 is 2.32 bits per heavy atom. The summed E-state index contributed by atoms with van der Waals surface area (Å²) in [5, 5.41) is 9.72. The van der Waals surface area contributed by atoms with E-state index < -0.39 is 6.04 Å². The number of amides is 2. The largest absolute Gasteiger partial charge is 0.353 e. The molecule has 1 unspecified atom stereocenters. The van der Waals surface area contributed by atoms with E-state index in [-0.39, 0.29) is 30.8 Å². The molecular formula is C11H18ClN5O2. The Morgan fingerprint density at radius 1 is 1.58 bits per heavy atom. The van der Waals surface area contributed by atoms with Gasteiger partial charge in [-0.2, -0.15) is 5.10 Å². The number of aromatic nitrogens is 2. The molecule has 0 aromatic carbocycles. The normalized spacial score (nSPS) is 16.5. The molecule has 2 amide bonds. The lowest BCUT2D eigenvalue weighted by atomic mass is 10.1. The first kappa shape index (κ1) is 15.5. The van der Waals surface area contributed by atoms with Crippen molar-refractivity contribution in [2.75, 3.05) is 26.7 Å². The Kier molecular flexibility index (Phi) is 5.31. The number of nitrogens with one attached hydrogen (secondary N) is 2. The van der Waals surface area contributed by atoms with Gasteiger partial charge in [0, 0.05) is 31.9 Å². The summed E-state index contributed by atoms with van der Waals surface area (Å²) in [4.78, 5) is 25.2. The predicted molar refractivity (Wildman–Crippen MR) is 71.8 cm³/mol. The SMILES string of the molecule is CNC(C(=O)N1CCNC(=O)C1)c1cnn(C)c1.Cl. The summed E-state index contributed by atoms with van der Waals surface area (Å²) in [6.45, 7) is 1.17. The second-order valence-electron chi connectivity index (χ2n) is 4.28. The zero-order chi connectivity index (χ0) is 13.1. The Labute approximate surface area is 117 Å². The van der Waals surface area contributed by atoms with Crippen LogP contribution in [0.4, 0.5) is 0 Å². The molecule has 7 nitrogen and oxygen atoms in total. The molecule has 19 heavy (non-hydrogen) atoms. The first-order chi connectivity index (χ1) is 8.61. The highest BCUT2D eigenvalue weighted by Crippen LogP contribution is 2.15. The van der Waals surface area contributed by atoms with E-state index in [1.54, 1.807) is 36.1 Å². The maximum Gasteiger partial charge on any atom is 0.244 e. The van der Waals surface area contributed by atoms with Gasteiger partial charge in [0.2, 0.25) is 11.8 Å². The minimum Gasteiger partial charge on any atom is -0.353 e. The number of carbonyl (C=O) groups excluding carboxylic acids is 2. The van der Waals surface area contributed by atoms with E-state index in [1.807, 2.05) is 0 Å². The number of carbonyl (C=O) groups is 2. The number of hydrogen-bond donors (Lipinski definition) is 2. The number of rotatable bonds is 3. The van der Waals surface area contributed by atoms with E-state index in [2.05, 4.69) is 15.7 Å². The summed E-state index contributed by atoms with van der Waals surface area (Å²) >= 11 is 0. The van der Waals surface area contributed by atoms with Gasteiger partial charge in [0.1, 0.15) is 6.04 Å². The van der Waals surface area contributed by atoms with Crippen molar-refractivity contribution in [2.45, 2.75) is 6.04 Å². The molecule has 0 aliphatic carbocycles. The molecule has 1 atom stereocenters. The smallest absolute Gasteiger partial charge is 0.244 e. The van der Waals surface area contributed by atoms with Gasteiger partial charge in [0.15, 0.2) is 0 Å². The van der Waals surface area contributed by atoms with Crippen molar-refractivity contribution in [2.24, 2.45) is 7.05 Å². The highest BCUT2D eigenvalue weighted by Gasteiger charge is 2.28. The molecule has 1 saturated heterocycles. The van der Waals surface area contributed by atoms with Crippen molar-refractivity contribution in [3.8, 4) is 0 Å². The predicted octanol–water partition coefficient (Wildman–Crippen LogP) is -0.939. The lowest BCUT2D eigenvalue weighted by Gasteiger charge is -2.29. The molecule has 0 radical (unpaired) electrons. The van der Waals surface area contributed by atoms with Crippen molar-refractivity contribution in [3.63, 3.8) is 0 Å². The van der Waals surface area contributed by atoms with E-state index in [9.17, 15) is 9.59 Å². The molecule has 1 fully saturated rings. The third-order valence-electron chi connectivity index (χ3n) is 2.94. The monoisotopic (exact) mass is 287 g/mol. The Hall–Kier alpha value is -1.60. The molecule has 1 aliphatic rings. The van der Waals surface area contributed by atoms with Crippen molar-refractivity contribution in [1.82, 2.24) is 25.3 Å². The Balaban J connectivity index is 0.00000180. The zero-order valence-corrected chi connectivity index (χ0v) is 11.7. The van der Waals surface area contributed by atoms with E-state index in [0.717, 1.165) is 5.56 Å². The fourth-order valence-corrected chi connectivity index (χ4v) is 2.03. The van der Waals surface area contributed by atoms with Gasteiger partial charge in [-0.1, -0.05) is 0 Å². The molecule has 0 bridgehead atoms. The summed E-state index contributed by atoms with van der Waals surface area (Å²) in [5.41, 5.74) is 0.802. The van der Waals surface area contributed by atoms with Crippen LogP contribution in [0.5, 0.6) is 0 Å². The summed E-state index contributed by atoms with van der Waals surface area (Å²) in [7, 11) is 3.52. The van der Waals surface area contributed by atoms with Gasteiger partial charge >= 0.3 is 0 Å². The zero-order valence-electron chi connectivity index (χ0n) is 10.9. The highest BCUT2D eigenvalue weighted by atomic mass is 35.5. The number of nitrogens with zero attached hydrogens (tertiary/aromatic N) is 3. The second kappa shape index (κ2) is 6.53. The molecule has 0 spiro atoms. The lowest BCUT2D eigenvalue weighted by molar-refractivity contribution is -0.139. The van der Waals surface area contributed by atoms with Crippen LogP contribution in [-0.4, -0.2) is 53.2 Å². The van der Waals surface area contributed by atoms with Crippen LogP contribution in [0.25, 0.3) is 0 Å². The molecule has 2 heterocycles. The van der Waals surface area contributed by atoms with Gasteiger partial charge < -0.3 is 15.5 Å². The van der Waals surface area contributed by atoms with Crippen LogP contribution in [0.1, 0.15) is 11.6 Å². The molecule has 2 N–H and O–H groups in total. The van der Waals surface area contributed by atoms with Gasteiger partial charge in [-0.3, -0.25) is 14.3 Å². The van der Waals surface area contributed by atoms with E-state index in [4.69, 9.17) is 0 Å². The van der Waals surface area contributed by atoms with Crippen LogP contribution in [0.2, 0.25) is 0 Å². The molecule has 2 rings (SSSR count). The van der Waals surface area contributed by atoms with Crippen LogP contribution in [0.3, 0.4) is 0 Å².